The Bertz CT molecular complexity index is 806. The van der Waals surface area contributed by atoms with Crippen LogP contribution in [0.3, 0.4) is 0 Å². The quantitative estimate of drug-likeness (QED) is 0.426. The van der Waals surface area contributed by atoms with Gasteiger partial charge in [-0.25, -0.2) is 0 Å². The zero-order chi connectivity index (χ0) is 14.1. The van der Waals surface area contributed by atoms with E-state index in [1.807, 2.05) is 48.5 Å². The van der Waals surface area contributed by atoms with Crippen LogP contribution in [0.1, 0.15) is 15.9 Å². The first-order valence-corrected chi connectivity index (χ1v) is 7.60. The maximum absolute atomic E-state index is 12.8. The van der Waals surface area contributed by atoms with Gasteiger partial charge in [-0.05, 0) is 51.6 Å². The maximum atomic E-state index is 12.8. The molecule has 0 unspecified atom stereocenters. The van der Waals surface area contributed by atoms with Gasteiger partial charge in [0.25, 0.3) is 0 Å². The minimum absolute atomic E-state index is 0.00806. The van der Waals surface area contributed by atoms with Crippen molar-refractivity contribution in [1.29, 1.82) is 0 Å². The number of halogens is 2. The molecular formula is C17H10ClIO. The van der Waals surface area contributed by atoms with Gasteiger partial charge in [-0.2, -0.15) is 0 Å². The maximum Gasteiger partial charge on any atom is 0.194 e. The average molecular weight is 393 g/mol. The van der Waals surface area contributed by atoms with Crippen LogP contribution < -0.4 is 0 Å². The highest BCUT2D eigenvalue weighted by Gasteiger charge is 2.15. The number of benzene rings is 3. The van der Waals surface area contributed by atoms with Gasteiger partial charge in [0, 0.05) is 19.7 Å². The molecule has 3 heteroatoms. The molecular weight excluding hydrogens is 383 g/mol. The molecule has 20 heavy (non-hydrogen) atoms. The summed E-state index contributed by atoms with van der Waals surface area (Å²) in [6.45, 7) is 0. The Labute approximate surface area is 135 Å². The second-order valence-electron chi connectivity index (χ2n) is 4.48. The van der Waals surface area contributed by atoms with E-state index in [9.17, 15) is 4.79 Å². The van der Waals surface area contributed by atoms with Crippen LogP contribution in [-0.4, -0.2) is 5.78 Å². The van der Waals surface area contributed by atoms with Crippen LogP contribution in [0.5, 0.6) is 0 Å². The lowest BCUT2D eigenvalue weighted by molar-refractivity contribution is 0.103. The summed E-state index contributed by atoms with van der Waals surface area (Å²) >= 11 is 8.17. The number of hydrogen-bond acceptors (Lipinski definition) is 1. The summed E-state index contributed by atoms with van der Waals surface area (Å²) in [6.07, 6.45) is 0. The van der Waals surface area contributed by atoms with Crippen LogP contribution in [0, 0.1) is 3.57 Å². The van der Waals surface area contributed by atoms with Crippen LogP contribution in [-0.2, 0) is 0 Å². The van der Waals surface area contributed by atoms with E-state index in [1.54, 1.807) is 12.1 Å². The minimum atomic E-state index is 0.00806. The largest absolute Gasteiger partial charge is 0.289 e. The first kappa shape index (κ1) is 13.6. The third-order valence-corrected chi connectivity index (χ3v) is 4.38. The summed E-state index contributed by atoms with van der Waals surface area (Å²) in [5, 5.41) is 2.61. The van der Waals surface area contributed by atoms with Crippen molar-refractivity contribution in [2.75, 3.05) is 0 Å². The van der Waals surface area contributed by atoms with Gasteiger partial charge in [-0.15, -0.1) is 0 Å². The van der Waals surface area contributed by atoms with Gasteiger partial charge in [0.1, 0.15) is 0 Å². The topological polar surface area (TPSA) is 17.1 Å². The molecule has 0 heterocycles. The SMILES string of the molecule is O=C(c1cc(Cl)ccc1I)c1cccc2ccccc12. The number of rotatable bonds is 2. The third-order valence-electron chi connectivity index (χ3n) is 3.21. The first-order chi connectivity index (χ1) is 9.66. The van der Waals surface area contributed by atoms with Crippen molar-refractivity contribution in [2.45, 2.75) is 0 Å². The molecule has 0 aliphatic rings. The van der Waals surface area contributed by atoms with Crippen molar-refractivity contribution in [1.82, 2.24) is 0 Å². The second-order valence-corrected chi connectivity index (χ2v) is 6.08. The predicted molar refractivity (Wildman–Crippen MR) is 91.5 cm³/mol. The fourth-order valence-corrected chi connectivity index (χ4v) is 2.99. The highest BCUT2D eigenvalue weighted by molar-refractivity contribution is 14.1. The van der Waals surface area contributed by atoms with Crippen molar-refractivity contribution in [3.63, 3.8) is 0 Å². The molecule has 0 N–H and O–H groups in total. The molecule has 0 saturated heterocycles. The molecule has 0 radical (unpaired) electrons. The molecule has 3 rings (SSSR count). The van der Waals surface area contributed by atoms with Crippen molar-refractivity contribution in [2.24, 2.45) is 0 Å². The number of fused-ring (bicyclic) bond motifs is 1. The molecule has 0 saturated carbocycles. The Morgan fingerprint density at radius 1 is 0.900 bits per heavy atom. The zero-order valence-corrected chi connectivity index (χ0v) is 13.4. The summed E-state index contributed by atoms with van der Waals surface area (Å²) < 4.78 is 0.907. The Kier molecular flexibility index (Phi) is 3.76. The molecule has 3 aromatic carbocycles. The number of ketones is 1. The molecule has 0 atom stereocenters. The molecule has 0 aliphatic carbocycles. The monoisotopic (exact) mass is 392 g/mol. The summed E-state index contributed by atoms with van der Waals surface area (Å²) in [5.74, 6) is 0.00806. The number of carbonyl (C=O) groups excluding carboxylic acids is 1. The molecule has 1 nitrogen and oxygen atoms in total. The number of hydrogen-bond donors (Lipinski definition) is 0. The van der Waals surface area contributed by atoms with Gasteiger partial charge in [0.05, 0.1) is 0 Å². The average Bonchev–Trinajstić information content (AvgIpc) is 2.48. The third kappa shape index (κ3) is 2.45. The minimum Gasteiger partial charge on any atom is -0.289 e. The highest BCUT2D eigenvalue weighted by Crippen LogP contribution is 2.25. The highest BCUT2D eigenvalue weighted by atomic mass is 127. The van der Waals surface area contributed by atoms with Crippen LogP contribution in [0.4, 0.5) is 0 Å². The molecule has 0 bridgehead atoms. The van der Waals surface area contributed by atoms with Crippen LogP contribution in [0.2, 0.25) is 5.02 Å². The van der Waals surface area contributed by atoms with Crippen molar-refractivity contribution < 1.29 is 4.79 Å². The lowest BCUT2D eigenvalue weighted by Crippen LogP contribution is -2.04. The molecule has 0 aliphatic heterocycles. The van der Waals surface area contributed by atoms with E-state index in [2.05, 4.69) is 22.6 Å². The van der Waals surface area contributed by atoms with Gasteiger partial charge in [0.2, 0.25) is 0 Å². The van der Waals surface area contributed by atoms with Gasteiger partial charge in [-0.1, -0.05) is 54.1 Å². The van der Waals surface area contributed by atoms with E-state index >= 15 is 0 Å². The van der Waals surface area contributed by atoms with Crippen LogP contribution >= 0.6 is 34.2 Å². The normalized spacial score (nSPS) is 10.7. The zero-order valence-electron chi connectivity index (χ0n) is 10.4. The Hall–Kier alpha value is -1.39. The van der Waals surface area contributed by atoms with E-state index in [0.717, 1.165) is 14.3 Å². The Morgan fingerprint density at radius 2 is 1.65 bits per heavy atom. The van der Waals surface area contributed by atoms with E-state index in [1.165, 1.54) is 0 Å². The van der Waals surface area contributed by atoms with E-state index in [0.29, 0.717) is 16.1 Å². The first-order valence-electron chi connectivity index (χ1n) is 6.14. The van der Waals surface area contributed by atoms with Gasteiger partial charge < -0.3 is 0 Å². The molecule has 3 aromatic rings. The van der Waals surface area contributed by atoms with Crippen molar-refractivity contribution in [3.05, 3.63) is 80.4 Å². The Morgan fingerprint density at radius 3 is 2.50 bits per heavy atom. The van der Waals surface area contributed by atoms with Crippen LogP contribution in [0.25, 0.3) is 10.8 Å². The summed E-state index contributed by atoms with van der Waals surface area (Å²) in [5.41, 5.74) is 1.36. The lowest BCUT2D eigenvalue weighted by Gasteiger charge is -2.08. The van der Waals surface area contributed by atoms with Gasteiger partial charge >= 0.3 is 0 Å². The van der Waals surface area contributed by atoms with E-state index < -0.39 is 0 Å². The molecule has 0 spiro atoms. The van der Waals surface area contributed by atoms with E-state index in [4.69, 9.17) is 11.6 Å². The summed E-state index contributed by atoms with van der Waals surface area (Å²) in [6, 6.07) is 19.1. The summed E-state index contributed by atoms with van der Waals surface area (Å²) in [7, 11) is 0. The predicted octanol–water partition coefficient (Wildman–Crippen LogP) is 5.33. The summed E-state index contributed by atoms with van der Waals surface area (Å²) in [4.78, 5) is 12.8. The standard InChI is InChI=1S/C17H10ClIO/c18-12-8-9-16(19)15(10-12)17(20)14-7-3-5-11-4-1-2-6-13(11)14/h1-10H. The fourth-order valence-electron chi connectivity index (χ4n) is 2.24. The molecule has 98 valence electrons. The van der Waals surface area contributed by atoms with Crippen molar-refractivity contribution in [3.8, 4) is 0 Å². The molecule has 0 amide bonds. The van der Waals surface area contributed by atoms with E-state index in [-0.39, 0.29) is 5.78 Å². The number of carbonyl (C=O) groups is 1. The smallest absolute Gasteiger partial charge is 0.194 e. The van der Waals surface area contributed by atoms with Gasteiger partial charge in [0.15, 0.2) is 5.78 Å². The van der Waals surface area contributed by atoms with Crippen LogP contribution in [0.15, 0.2) is 60.7 Å². The fraction of sp³-hybridized carbons (Fsp3) is 0. The second kappa shape index (κ2) is 5.54. The lowest BCUT2D eigenvalue weighted by atomic mass is 9.97. The van der Waals surface area contributed by atoms with Gasteiger partial charge in [-0.3, -0.25) is 4.79 Å². The Balaban J connectivity index is 2.20. The van der Waals surface area contributed by atoms with Crippen molar-refractivity contribution >= 4 is 50.7 Å². The molecule has 0 aromatic heterocycles. The molecule has 0 fully saturated rings.